The fourth-order valence-corrected chi connectivity index (χ4v) is 1.12. The molecule has 0 saturated heterocycles. The van der Waals surface area contributed by atoms with Gasteiger partial charge in [0, 0.05) is 0 Å². The van der Waals surface area contributed by atoms with Gasteiger partial charge in [0.15, 0.2) is 0 Å². The van der Waals surface area contributed by atoms with Crippen molar-refractivity contribution in [3.63, 3.8) is 0 Å². The van der Waals surface area contributed by atoms with E-state index in [0.29, 0.717) is 0 Å². The molecule has 0 amide bonds. The van der Waals surface area contributed by atoms with Crippen molar-refractivity contribution in [2.75, 3.05) is 0 Å². The topological polar surface area (TPSA) is 0 Å². The van der Waals surface area contributed by atoms with Gasteiger partial charge >= 0.3 is 18.9 Å². The third-order valence-corrected chi connectivity index (χ3v) is 1.58. The molecule has 0 aromatic heterocycles. The van der Waals surface area contributed by atoms with Crippen LogP contribution >= 0.6 is 0 Å². The summed E-state index contributed by atoms with van der Waals surface area (Å²) in [6.45, 7) is 4.32. The van der Waals surface area contributed by atoms with Crippen molar-refractivity contribution in [3.8, 4) is 0 Å². The maximum atomic E-state index is 3.33. The third kappa shape index (κ3) is 2.77. The first-order valence-electron chi connectivity index (χ1n) is 3.61. The van der Waals surface area contributed by atoms with Gasteiger partial charge in [-0.05, 0) is 0 Å². The average Bonchev–Trinajstić information content (AvgIpc) is 2.17. The Morgan fingerprint density at radius 2 is 2.30 bits per heavy atom. The molecule has 0 aromatic rings. The molecule has 0 radical (unpaired) electrons. The normalized spacial score (nSPS) is 15.8. The van der Waals surface area contributed by atoms with Crippen LogP contribution in [0.3, 0.4) is 0 Å². The Morgan fingerprint density at radius 1 is 1.60 bits per heavy atom. The standard InChI is InChI=1S/C9H13.Li/c1-3-4-9-6-5-8(2)7-9;/h5H,3-4,6H2,1-2H3;/q-1;+1. The predicted octanol–water partition coefficient (Wildman–Crippen LogP) is -0.130. The molecule has 1 heteroatoms. The number of rotatable bonds is 2. The summed E-state index contributed by atoms with van der Waals surface area (Å²) in [4.78, 5) is 0. The molecule has 0 aromatic carbocycles. The SMILES string of the molecule is CCCC1=[C-]C(C)=CC1.[Li+]. The zero-order chi connectivity index (χ0) is 6.69. The van der Waals surface area contributed by atoms with Crippen molar-refractivity contribution in [1.82, 2.24) is 0 Å². The van der Waals surface area contributed by atoms with E-state index in [0.717, 1.165) is 6.42 Å². The summed E-state index contributed by atoms with van der Waals surface area (Å²) in [5.74, 6) is 0. The van der Waals surface area contributed by atoms with E-state index in [4.69, 9.17) is 0 Å². The van der Waals surface area contributed by atoms with E-state index in [-0.39, 0.29) is 18.9 Å². The molecule has 0 atom stereocenters. The molecule has 0 N–H and O–H groups in total. The van der Waals surface area contributed by atoms with Crippen LogP contribution in [0.15, 0.2) is 17.2 Å². The number of hydrogen-bond acceptors (Lipinski definition) is 0. The van der Waals surface area contributed by atoms with Gasteiger partial charge in [-0.1, -0.05) is 33.1 Å². The number of hydrogen-bond donors (Lipinski definition) is 0. The Morgan fingerprint density at radius 3 is 2.70 bits per heavy atom. The van der Waals surface area contributed by atoms with Gasteiger partial charge in [0.1, 0.15) is 0 Å². The van der Waals surface area contributed by atoms with E-state index < -0.39 is 0 Å². The fraction of sp³-hybridized carbons (Fsp3) is 0.556. The molecule has 0 saturated carbocycles. The van der Waals surface area contributed by atoms with E-state index in [1.54, 1.807) is 0 Å². The third-order valence-electron chi connectivity index (χ3n) is 1.58. The molecule has 10 heavy (non-hydrogen) atoms. The summed E-state index contributed by atoms with van der Waals surface area (Å²) < 4.78 is 0. The molecule has 0 unspecified atom stereocenters. The van der Waals surface area contributed by atoms with Gasteiger partial charge in [-0.15, -0.1) is 0 Å². The van der Waals surface area contributed by atoms with E-state index in [1.165, 1.54) is 24.0 Å². The molecule has 0 fully saturated rings. The van der Waals surface area contributed by atoms with E-state index in [9.17, 15) is 0 Å². The first-order valence-corrected chi connectivity index (χ1v) is 3.61. The summed E-state index contributed by atoms with van der Waals surface area (Å²) in [6.07, 6.45) is 9.21. The van der Waals surface area contributed by atoms with Crippen LogP contribution in [-0.2, 0) is 0 Å². The van der Waals surface area contributed by atoms with Crippen LogP contribution < -0.4 is 18.9 Å². The van der Waals surface area contributed by atoms with Gasteiger partial charge in [-0.2, -0.15) is 5.57 Å². The summed E-state index contributed by atoms with van der Waals surface area (Å²) in [5.41, 5.74) is 2.80. The maximum absolute atomic E-state index is 3.33. The molecule has 50 valence electrons. The second-order valence-corrected chi connectivity index (χ2v) is 2.57. The molecule has 1 aliphatic carbocycles. The van der Waals surface area contributed by atoms with Gasteiger partial charge in [0.05, 0.1) is 0 Å². The Hall–Kier alpha value is 0.0774. The first kappa shape index (κ1) is 10.1. The van der Waals surface area contributed by atoms with Crippen molar-refractivity contribution in [2.45, 2.75) is 33.1 Å². The summed E-state index contributed by atoms with van der Waals surface area (Å²) >= 11 is 0. The Labute approximate surface area is 75.6 Å². The zero-order valence-electron chi connectivity index (χ0n) is 7.20. The Bertz CT molecular complexity index is 154. The molecule has 1 rings (SSSR count). The summed E-state index contributed by atoms with van der Waals surface area (Å²) in [5, 5.41) is 0. The molecule has 0 heterocycles. The van der Waals surface area contributed by atoms with E-state index in [2.05, 4.69) is 26.0 Å². The van der Waals surface area contributed by atoms with E-state index in [1.807, 2.05) is 0 Å². The first-order chi connectivity index (χ1) is 4.33. The van der Waals surface area contributed by atoms with Crippen molar-refractivity contribution in [1.29, 1.82) is 0 Å². The molecular weight excluding hydrogens is 115 g/mol. The summed E-state index contributed by atoms with van der Waals surface area (Å²) in [6, 6.07) is 0. The van der Waals surface area contributed by atoms with Crippen LogP contribution in [0, 0.1) is 6.08 Å². The fourth-order valence-electron chi connectivity index (χ4n) is 1.12. The van der Waals surface area contributed by atoms with Gasteiger partial charge in [-0.3, -0.25) is 0 Å². The molecule has 0 bridgehead atoms. The molecule has 0 spiro atoms. The van der Waals surface area contributed by atoms with Crippen LogP contribution in [0.2, 0.25) is 0 Å². The van der Waals surface area contributed by atoms with Gasteiger partial charge in [-0.25, -0.2) is 17.7 Å². The van der Waals surface area contributed by atoms with Gasteiger partial charge in [0.2, 0.25) is 0 Å². The van der Waals surface area contributed by atoms with Crippen LogP contribution in [0.1, 0.15) is 33.1 Å². The minimum absolute atomic E-state index is 0. The Balaban J connectivity index is 0.000000810. The van der Waals surface area contributed by atoms with Crippen molar-refractivity contribution < 1.29 is 18.9 Å². The molecule has 0 nitrogen and oxygen atoms in total. The molecule has 1 aliphatic rings. The van der Waals surface area contributed by atoms with Crippen LogP contribution in [-0.4, -0.2) is 0 Å². The van der Waals surface area contributed by atoms with Gasteiger partial charge in [0.25, 0.3) is 0 Å². The van der Waals surface area contributed by atoms with Crippen molar-refractivity contribution in [3.05, 3.63) is 23.3 Å². The molecule has 0 aliphatic heterocycles. The summed E-state index contributed by atoms with van der Waals surface area (Å²) in [7, 11) is 0. The minimum atomic E-state index is 0. The van der Waals surface area contributed by atoms with Gasteiger partial charge < -0.3 is 0 Å². The van der Waals surface area contributed by atoms with Crippen molar-refractivity contribution >= 4 is 0 Å². The second kappa shape index (κ2) is 4.83. The average molecular weight is 128 g/mol. The second-order valence-electron chi connectivity index (χ2n) is 2.57. The Kier molecular flexibility index (Phi) is 4.86. The maximum Gasteiger partial charge on any atom is 1.00 e. The van der Waals surface area contributed by atoms with Crippen LogP contribution in [0.25, 0.3) is 0 Å². The molecular formula is C9H13Li. The number of allylic oxidation sites excluding steroid dienone is 4. The van der Waals surface area contributed by atoms with Crippen molar-refractivity contribution in [2.24, 2.45) is 0 Å². The van der Waals surface area contributed by atoms with E-state index >= 15 is 0 Å². The zero-order valence-corrected chi connectivity index (χ0v) is 7.20. The predicted molar refractivity (Wildman–Crippen MR) is 40.0 cm³/mol. The van der Waals surface area contributed by atoms with Crippen LogP contribution in [0.4, 0.5) is 0 Å². The monoisotopic (exact) mass is 128 g/mol. The largest absolute Gasteiger partial charge is 1.00 e. The quantitative estimate of drug-likeness (QED) is 0.359. The smallest absolute Gasteiger partial charge is 0.250 e. The van der Waals surface area contributed by atoms with Crippen LogP contribution in [0.5, 0.6) is 0 Å². The minimum Gasteiger partial charge on any atom is -0.250 e.